The van der Waals surface area contributed by atoms with Crippen LogP contribution in [-0.4, -0.2) is 23.6 Å². The van der Waals surface area contributed by atoms with E-state index in [9.17, 15) is 0 Å². The van der Waals surface area contributed by atoms with Crippen molar-refractivity contribution in [2.45, 2.75) is 20.0 Å². The summed E-state index contributed by atoms with van der Waals surface area (Å²) in [4.78, 5) is 8.19. The number of nitrogens with one attached hydrogen (secondary N) is 1. The second-order valence-corrected chi connectivity index (χ2v) is 4.88. The largest absolute Gasteiger partial charge is 0.380 e. The van der Waals surface area contributed by atoms with Gasteiger partial charge in [-0.3, -0.25) is 0 Å². The molecule has 2 rings (SSSR count). The number of hydrogen-bond donors (Lipinski definition) is 1. The highest BCUT2D eigenvalue weighted by molar-refractivity contribution is 6.33. The third kappa shape index (κ3) is 3.68. The Balaban J connectivity index is 1.98. The fourth-order valence-corrected chi connectivity index (χ4v) is 2.16. The van der Waals surface area contributed by atoms with Crippen molar-refractivity contribution in [1.82, 2.24) is 9.97 Å². The number of anilines is 1. The summed E-state index contributed by atoms with van der Waals surface area (Å²) in [6, 6.07) is 8.26. The van der Waals surface area contributed by atoms with Gasteiger partial charge in [0, 0.05) is 13.7 Å². The molecule has 5 heteroatoms. The molecule has 1 N–H and O–H groups in total. The van der Waals surface area contributed by atoms with E-state index < -0.39 is 0 Å². The lowest BCUT2D eigenvalue weighted by Crippen LogP contribution is -2.09. The number of ether oxygens (including phenoxy) is 1. The first kappa shape index (κ1) is 14.8. The normalized spacial score (nSPS) is 10.6. The topological polar surface area (TPSA) is 47.0 Å². The van der Waals surface area contributed by atoms with Crippen LogP contribution in [0.15, 0.2) is 30.6 Å². The second-order valence-electron chi connectivity index (χ2n) is 4.50. The van der Waals surface area contributed by atoms with Crippen molar-refractivity contribution >= 4 is 17.4 Å². The van der Waals surface area contributed by atoms with Crippen molar-refractivity contribution in [3.05, 3.63) is 52.4 Å². The minimum absolute atomic E-state index is 0.581. The average molecular weight is 292 g/mol. The molecule has 1 aromatic carbocycles. The number of nitrogens with zero attached hydrogens (tertiary/aromatic N) is 2. The van der Waals surface area contributed by atoms with Gasteiger partial charge in [-0.25, -0.2) is 9.97 Å². The van der Waals surface area contributed by atoms with Crippen LogP contribution < -0.4 is 5.32 Å². The minimum Gasteiger partial charge on any atom is -0.380 e. The summed E-state index contributed by atoms with van der Waals surface area (Å²) in [7, 11) is 1.71. The van der Waals surface area contributed by atoms with Crippen LogP contribution in [0, 0.1) is 6.92 Å². The van der Waals surface area contributed by atoms with Crippen molar-refractivity contribution < 1.29 is 4.74 Å². The lowest BCUT2D eigenvalue weighted by atomic mass is 10.1. The third-order valence-corrected chi connectivity index (χ3v) is 3.52. The molecule has 0 saturated heterocycles. The van der Waals surface area contributed by atoms with Crippen LogP contribution in [0.1, 0.15) is 16.8 Å². The van der Waals surface area contributed by atoms with Gasteiger partial charge in [0.25, 0.3) is 0 Å². The minimum atomic E-state index is 0.581. The first-order valence-corrected chi connectivity index (χ1v) is 6.87. The van der Waals surface area contributed by atoms with Gasteiger partial charge in [-0.05, 0) is 24.5 Å². The van der Waals surface area contributed by atoms with Crippen molar-refractivity contribution in [3.8, 4) is 0 Å². The first-order valence-electron chi connectivity index (χ1n) is 6.49. The van der Waals surface area contributed by atoms with E-state index in [0.29, 0.717) is 17.4 Å². The van der Waals surface area contributed by atoms with Gasteiger partial charge in [0.05, 0.1) is 12.3 Å². The SMILES string of the molecule is COCc1ccccc1CCNc1ncnc(C)c1Cl. The Kier molecular flexibility index (Phi) is 5.32. The zero-order valence-electron chi connectivity index (χ0n) is 11.7. The Morgan fingerprint density at radius 1 is 1.20 bits per heavy atom. The zero-order valence-corrected chi connectivity index (χ0v) is 12.4. The molecule has 1 aromatic heterocycles. The first-order chi connectivity index (χ1) is 9.72. The predicted octanol–water partition coefficient (Wildman–Crippen LogP) is 3.24. The van der Waals surface area contributed by atoms with Crippen LogP contribution in [0.25, 0.3) is 0 Å². The molecule has 0 amide bonds. The van der Waals surface area contributed by atoms with Crippen LogP contribution >= 0.6 is 11.6 Å². The molecule has 2 aromatic rings. The molecule has 0 radical (unpaired) electrons. The van der Waals surface area contributed by atoms with Crippen molar-refractivity contribution in [1.29, 1.82) is 0 Å². The molecule has 0 bridgehead atoms. The Bertz CT molecular complexity index is 575. The van der Waals surface area contributed by atoms with Crippen molar-refractivity contribution in [2.24, 2.45) is 0 Å². The third-order valence-electron chi connectivity index (χ3n) is 3.07. The molecule has 4 nitrogen and oxygen atoms in total. The highest BCUT2D eigenvalue weighted by Crippen LogP contribution is 2.20. The van der Waals surface area contributed by atoms with Gasteiger partial charge < -0.3 is 10.1 Å². The maximum Gasteiger partial charge on any atom is 0.148 e. The summed E-state index contributed by atoms with van der Waals surface area (Å²) >= 11 is 6.15. The molecule has 0 aliphatic rings. The van der Waals surface area contributed by atoms with Crippen LogP contribution in [0.2, 0.25) is 5.02 Å². The van der Waals surface area contributed by atoms with Crippen molar-refractivity contribution in [3.63, 3.8) is 0 Å². The van der Waals surface area contributed by atoms with Gasteiger partial charge in [-0.15, -0.1) is 0 Å². The van der Waals surface area contributed by atoms with Gasteiger partial charge >= 0.3 is 0 Å². The summed E-state index contributed by atoms with van der Waals surface area (Å²) in [6.07, 6.45) is 2.40. The zero-order chi connectivity index (χ0) is 14.4. The van der Waals surface area contributed by atoms with E-state index in [0.717, 1.165) is 18.7 Å². The number of hydrogen-bond acceptors (Lipinski definition) is 4. The summed E-state index contributed by atoms with van der Waals surface area (Å²) in [5, 5.41) is 3.83. The van der Waals surface area contributed by atoms with E-state index >= 15 is 0 Å². The van der Waals surface area contributed by atoms with Crippen molar-refractivity contribution in [2.75, 3.05) is 19.0 Å². The number of aryl methyl sites for hydroxylation is 1. The van der Waals surface area contributed by atoms with E-state index in [2.05, 4.69) is 27.4 Å². The Morgan fingerprint density at radius 3 is 2.70 bits per heavy atom. The molecule has 0 unspecified atom stereocenters. The summed E-state index contributed by atoms with van der Waals surface area (Å²) in [5.74, 6) is 0.684. The molecular weight excluding hydrogens is 274 g/mol. The highest BCUT2D eigenvalue weighted by atomic mass is 35.5. The standard InChI is InChI=1S/C15H18ClN3O/c1-11-14(16)15(19-10-18-11)17-8-7-12-5-3-4-6-13(12)9-20-2/h3-6,10H,7-9H2,1-2H3,(H,17,18,19). The fourth-order valence-electron chi connectivity index (χ4n) is 1.99. The van der Waals surface area contributed by atoms with Gasteiger partial charge in [-0.1, -0.05) is 35.9 Å². The quantitative estimate of drug-likeness (QED) is 0.887. The lowest BCUT2D eigenvalue weighted by molar-refractivity contribution is 0.184. The molecule has 0 saturated carbocycles. The molecule has 0 fully saturated rings. The second kappa shape index (κ2) is 7.22. The molecule has 0 aliphatic carbocycles. The van der Waals surface area contributed by atoms with E-state index in [4.69, 9.17) is 16.3 Å². The molecule has 0 atom stereocenters. The van der Waals surface area contributed by atoms with E-state index in [1.54, 1.807) is 7.11 Å². The number of benzene rings is 1. The number of aromatic nitrogens is 2. The van der Waals surface area contributed by atoms with Gasteiger partial charge in [0.1, 0.15) is 17.2 Å². The van der Waals surface area contributed by atoms with Crippen LogP contribution in [0.4, 0.5) is 5.82 Å². The average Bonchev–Trinajstić information content (AvgIpc) is 2.45. The highest BCUT2D eigenvalue weighted by Gasteiger charge is 2.06. The summed E-state index contributed by atoms with van der Waals surface area (Å²) in [5.41, 5.74) is 3.26. The molecule has 0 aliphatic heterocycles. The lowest BCUT2D eigenvalue weighted by Gasteiger charge is -2.11. The fraction of sp³-hybridized carbons (Fsp3) is 0.333. The van der Waals surface area contributed by atoms with Crippen LogP contribution in [-0.2, 0) is 17.8 Å². The summed E-state index contributed by atoms with van der Waals surface area (Å²) in [6.45, 7) is 3.25. The van der Waals surface area contributed by atoms with Gasteiger partial charge in [0.2, 0.25) is 0 Å². The van der Waals surface area contributed by atoms with E-state index in [1.807, 2.05) is 19.1 Å². The number of halogens is 1. The summed E-state index contributed by atoms with van der Waals surface area (Å²) < 4.78 is 5.21. The predicted molar refractivity (Wildman–Crippen MR) is 81.1 cm³/mol. The van der Waals surface area contributed by atoms with Crippen LogP contribution in [0.3, 0.4) is 0 Å². The smallest absolute Gasteiger partial charge is 0.148 e. The molecule has 20 heavy (non-hydrogen) atoms. The molecule has 1 heterocycles. The molecule has 0 spiro atoms. The molecular formula is C15H18ClN3O. The van der Waals surface area contributed by atoms with E-state index in [-0.39, 0.29) is 0 Å². The Hall–Kier alpha value is -1.65. The molecule has 106 valence electrons. The van der Waals surface area contributed by atoms with Gasteiger partial charge in [0.15, 0.2) is 0 Å². The van der Waals surface area contributed by atoms with E-state index in [1.165, 1.54) is 17.5 Å². The maximum atomic E-state index is 6.15. The monoisotopic (exact) mass is 291 g/mol. The number of rotatable bonds is 6. The Labute approximate surface area is 124 Å². The Morgan fingerprint density at radius 2 is 1.95 bits per heavy atom. The maximum absolute atomic E-state index is 6.15. The number of methoxy groups -OCH3 is 1. The van der Waals surface area contributed by atoms with Gasteiger partial charge in [-0.2, -0.15) is 0 Å². The van der Waals surface area contributed by atoms with Crippen LogP contribution in [0.5, 0.6) is 0 Å².